The van der Waals surface area contributed by atoms with Gasteiger partial charge in [0.15, 0.2) is 6.61 Å². The number of ether oxygens (including phenoxy) is 1. The largest absolute Gasteiger partial charge is 0.482 e. The number of nitrogens with one attached hydrogen (secondary N) is 2. The van der Waals surface area contributed by atoms with Crippen LogP contribution in [-0.2, 0) is 11.3 Å². The Bertz CT molecular complexity index is 493. The average molecular weight is 260 g/mol. The van der Waals surface area contributed by atoms with Gasteiger partial charge in [0.05, 0.1) is 5.69 Å². The van der Waals surface area contributed by atoms with Gasteiger partial charge < -0.3 is 15.4 Å². The van der Waals surface area contributed by atoms with Crippen LogP contribution in [-0.4, -0.2) is 18.1 Å². The van der Waals surface area contributed by atoms with E-state index in [1.165, 1.54) is 31.2 Å². The first-order valence-corrected chi connectivity index (χ1v) is 6.95. The van der Waals surface area contributed by atoms with Crippen LogP contribution in [0.15, 0.2) is 18.2 Å². The van der Waals surface area contributed by atoms with E-state index in [-0.39, 0.29) is 18.1 Å². The molecule has 2 aliphatic rings. The Morgan fingerprint density at radius 2 is 2.16 bits per heavy atom. The summed E-state index contributed by atoms with van der Waals surface area (Å²) < 4.78 is 5.36. The van der Waals surface area contributed by atoms with Crippen LogP contribution in [0.1, 0.15) is 38.2 Å². The molecule has 102 valence electrons. The van der Waals surface area contributed by atoms with Gasteiger partial charge in [0.25, 0.3) is 5.91 Å². The molecular weight excluding hydrogens is 240 g/mol. The third-order valence-corrected chi connectivity index (χ3v) is 4.10. The molecule has 0 radical (unpaired) electrons. The number of rotatable bonds is 3. The van der Waals surface area contributed by atoms with Gasteiger partial charge >= 0.3 is 0 Å². The van der Waals surface area contributed by atoms with Crippen LogP contribution in [0.3, 0.4) is 0 Å². The lowest BCUT2D eigenvalue weighted by Gasteiger charge is -2.26. The standard InChI is InChI=1S/C15H20N2O2/c1-15(6-2-3-7-15)16-9-11-4-5-13-12(8-11)17-14(18)10-19-13/h4-5,8,16H,2-3,6-7,9-10H2,1H3,(H,17,18). The van der Waals surface area contributed by atoms with Crippen molar-refractivity contribution in [2.24, 2.45) is 0 Å². The molecule has 1 amide bonds. The van der Waals surface area contributed by atoms with Gasteiger partial charge in [0.1, 0.15) is 5.75 Å². The molecule has 0 saturated heterocycles. The predicted octanol–water partition coefficient (Wildman–Crippen LogP) is 2.44. The van der Waals surface area contributed by atoms with Gasteiger partial charge in [-0.3, -0.25) is 4.79 Å². The molecule has 1 aliphatic heterocycles. The zero-order valence-corrected chi connectivity index (χ0v) is 11.3. The third-order valence-electron chi connectivity index (χ3n) is 4.10. The van der Waals surface area contributed by atoms with E-state index in [0.717, 1.165) is 18.0 Å². The number of carbonyl (C=O) groups excluding carboxylic acids is 1. The molecule has 1 aromatic rings. The van der Waals surface area contributed by atoms with Crippen LogP contribution in [0.4, 0.5) is 5.69 Å². The highest BCUT2D eigenvalue weighted by Crippen LogP contribution is 2.31. The summed E-state index contributed by atoms with van der Waals surface area (Å²) in [4.78, 5) is 11.3. The number of fused-ring (bicyclic) bond motifs is 1. The molecule has 0 atom stereocenters. The van der Waals surface area contributed by atoms with Gasteiger partial charge in [0.2, 0.25) is 0 Å². The van der Waals surface area contributed by atoms with E-state index in [4.69, 9.17) is 4.74 Å². The number of carbonyl (C=O) groups is 1. The summed E-state index contributed by atoms with van der Waals surface area (Å²) in [5.74, 6) is 0.677. The molecular formula is C15H20N2O2. The van der Waals surface area contributed by atoms with Gasteiger partial charge in [-0.15, -0.1) is 0 Å². The lowest BCUT2D eigenvalue weighted by molar-refractivity contribution is -0.118. The number of benzene rings is 1. The highest BCUT2D eigenvalue weighted by atomic mass is 16.5. The monoisotopic (exact) mass is 260 g/mol. The third kappa shape index (κ3) is 2.73. The van der Waals surface area contributed by atoms with E-state index in [1.54, 1.807) is 0 Å². The summed E-state index contributed by atoms with van der Waals surface area (Å²) in [6.45, 7) is 3.24. The second-order valence-corrected chi connectivity index (χ2v) is 5.79. The number of hydrogen-bond donors (Lipinski definition) is 2. The Hall–Kier alpha value is -1.55. The van der Waals surface area contributed by atoms with E-state index < -0.39 is 0 Å². The summed E-state index contributed by atoms with van der Waals surface area (Å²) in [6.07, 6.45) is 5.13. The van der Waals surface area contributed by atoms with Crippen molar-refractivity contribution in [2.45, 2.75) is 44.7 Å². The summed E-state index contributed by atoms with van der Waals surface area (Å²) in [6, 6.07) is 5.99. The Morgan fingerprint density at radius 1 is 1.37 bits per heavy atom. The molecule has 4 nitrogen and oxygen atoms in total. The van der Waals surface area contributed by atoms with Gasteiger partial charge in [-0.25, -0.2) is 0 Å². The minimum Gasteiger partial charge on any atom is -0.482 e. The molecule has 1 heterocycles. The van der Waals surface area contributed by atoms with Crippen LogP contribution in [0.5, 0.6) is 5.75 Å². The molecule has 0 aromatic heterocycles. The maximum atomic E-state index is 11.3. The fraction of sp³-hybridized carbons (Fsp3) is 0.533. The highest BCUT2D eigenvalue weighted by Gasteiger charge is 2.27. The maximum Gasteiger partial charge on any atom is 0.262 e. The average Bonchev–Trinajstić information content (AvgIpc) is 2.83. The quantitative estimate of drug-likeness (QED) is 0.877. The predicted molar refractivity (Wildman–Crippen MR) is 74.3 cm³/mol. The lowest BCUT2D eigenvalue weighted by atomic mass is 10.00. The van der Waals surface area contributed by atoms with E-state index in [2.05, 4.69) is 23.6 Å². The lowest BCUT2D eigenvalue weighted by Crippen LogP contribution is -2.38. The zero-order valence-electron chi connectivity index (χ0n) is 11.3. The van der Waals surface area contributed by atoms with Crippen LogP contribution >= 0.6 is 0 Å². The summed E-state index contributed by atoms with van der Waals surface area (Å²) >= 11 is 0. The van der Waals surface area contributed by atoms with Crippen molar-refractivity contribution in [2.75, 3.05) is 11.9 Å². The SMILES string of the molecule is CC1(NCc2ccc3c(c2)NC(=O)CO3)CCCC1. The number of amides is 1. The van der Waals surface area contributed by atoms with Gasteiger partial charge in [0, 0.05) is 12.1 Å². The Morgan fingerprint density at radius 3 is 2.95 bits per heavy atom. The molecule has 4 heteroatoms. The van der Waals surface area contributed by atoms with Crippen LogP contribution in [0.25, 0.3) is 0 Å². The summed E-state index contributed by atoms with van der Waals surface area (Å²) in [5.41, 5.74) is 2.24. The van der Waals surface area contributed by atoms with Crippen molar-refractivity contribution >= 4 is 11.6 Å². The van der Waals surface area contributed by atoms with Crippen LogP contribution in [0.2, 0.25) is 0 Å². The van der Waals surface area contributed by atoms with Crippen molar-refractivity contribution in [1.29, 1.82) is 0 Å². The molecule has 19 heavy (non-hydrogen) atoms. The molecule has 0 bridgehead atoms. The van der Waals surface area contributed by atoms with E-state index in [1.807, 2.05) is 12.1 Å². The van der Waals surface area contributed by atoms with E-state index >= 15 is 0 Å². The fourth-order valence-electron chi connectivity index (χ4n) is 2.89. The van der Waals surface area contributed by atoms with Crippen LogP contribution < -0.4 is 15.4 Å². The topological polar surface area (TPSA) is 50.4 Å². The summed E-state index contributed by atoms with van der Waals surface area (Å²) in [5, 5.41) is 6.48. The molecule has 0 spiro atoms. The van der Waals surface area contributed by atoms with Gasteiger partial charge in [-0.1, -0.05) is 18.9 Å². The van der Waals surface area contributed by atoms with Crippen molar-refractivity contribution < 1.29 is 9.53 Å². The molecule has 1 saturated carbocycles. The van der Waals surface area contributed by atoms with E-state index in [0.29, 0.717) is 0 Å². The first kappa shape index (κ1) is 12.5. The maximum absolute atomic E-state index is 11.3. The second kappa shape index (κ2) is 4.85. The van der Waals surface area contributed by atoms with Crippen molar-refractivity contribution in [3.05, 3.63) is 23.8 Å². The molecule has 3 rings (SSSR count). The summed E-state index contributed by atoms with van der Waals surface area (Å²) in [7, 11) is 0. The molecule has 1 aromatic carbocycles. The first-order valence-electron chi connectivity index (χ1n) is 6.95. The normalized spacial score (nSPS) is 20.6. The molecule has 2 N–H and O–H groups in total. The Balaban J connectivity index is 1.68. The molecule has 0 unspecified atom stereocenters. The number of hydrogen-bond acceptors (Lipinski definition) is 3. The van der Waals surface area contributed by atoms with Gasteiger partial charge in [-0.2, -0.15) is 0 Å². The van der Waals surface area contributed by atoms with Crippen molar-refractivity contribution in [1.82, 2.24) is 5.32 Å². The second-order valence-electron chi connectivity index (χ2n) is 5.79. The van der Waals surface area contributed by atoms with E-state index in [9.17, 15) is 4.79 Å². The van der Waals surface area contributed by atoms with Crippen LogP contribution in [0, 0.1) is 0 Å². The smallest absolute Gasteiger partial charge is 0.262 e. The van der Waals surface area contributed by atoms with Crippen molar-refractivity contribution in [3.8, 4) is 5.75 Å². The van der Waals surface area contributed by atoms with Crippen molar-refractivity contribution in [3.63, 3.8) is 0 Å². The van der Waals surface area contributed by atoms with Gasteiger partial charge in [-0.05, 0) is 37.5 Å². The Labute approximate surface area is 113 Å². The first-order chi connectivity index (χ1) is 9.15. The highest BCUT2D eigenvalue weighted by molar-refractivity contribution is 5.95. The number of anilines is 1. The minimum absolute atomic E-state index is 0.0830. The Kier molecular flexibility index (Phi) is 3.19. The molecule has 1 aliphatic carbocycles. The molecule has 1 fully saturated rings. The zero-order chi connectivity index (χ0) is 13.3. The minimum atomic E-state index is -0.0830. The fourth-order valence-corrected chi connectivity index (χ4v) is 2.89.